The molecule has 2 nitrogen and oxygen atoms in total. The number of thiazole rings is 1. The van der Waals surface area contributed by atoms with E-state index in [0.29, 0.717) is 18.6 Å². The zero-order valence-electron chi connectivity index (χ0n) is 12.6. The van der Waals surface area contributed by atoms with E-state index in [2.05, 4.69) is 10.3 Å². The molecule has 1 aromatic heterocycles. The molecule has 0 amide bonds. The number of aryl methyl sites for hydroxylation is 1. The van der Waals surface area contributed by atoms with Gasteiger partial charge in [-0.25, -0.2) is 4.98 Å². The molecular weight excluding hydrogens is 354 g/mol. The van der Waals surface area contributed by atoms with Crippen molar-refractivity contribution in [3.05, 3.63) is 40.4 Å². The second kappa shape index (κ2) is 7.00. The Labute approximate surface area is 138 Å². The molecule has 0 aliphatic carbocycles. The average Bonchev–Trinajstić information content (AvgIpc) is 2.90. The van der Waals surface area contributed by atoms with Crippen LogP contribution in [0.4, 0.5) is 37.2 Å². The molecule has 1 heterocycles. The highest BCUT2D eigenvalue weighted by Gasteiger charge is 2.37. The van der Waals surface area contributed by atoms with Gasteiger partial charge in [-0.3, -0.25) is 0 Å². The maximum atomic E-state index is 12.8. The van der Waals surface area contributed by atoms with Crippen LogP contribution in [0, 0.1) is 0 Å². The van der Waals surface area contributed by atoms with E-state index in [1.54, 1.807) is 5.38 Å². The molecule has 1 N–H and O–H groups in total. The minimum atomic E-state index is -4.87. The lowest BCUT2D eigenvalue weighted by atomic mass is 10.1. The zero-order valence-corrected chi connectivity index (χ0v) is 13.4. The van der Waals surface area contributed by atoms with Crippen LogP contribution in [-0.4, -0.2) is 4.98 Å². The van der Waals surface area contributed by atoms with E-state index >= 15 is 0 Å². The number of anilines is 2. The van der Waals surface area contributed by atoms with Crippen molar-refractivity contribution < 1.29 is 26.3 Å². The summed E-state index contributed by atoms with van der Waals surface area (Å²) in [6.45, 7) is 2.01. The highest BCUT2D eigenvalue weighted by Crippen LogP contribution is 2.38. The Kier molecular flexibility index (Phi) is 5.42. The van der Waals surface area contributed by atoms with Gasteiger partial charge in [-0.05, 0) is 31.0 Å². The van der Waals surface area contributed by atoms with Crippen LogP contribution in [0.15, 0.2) is 23.6 Å². The van der Waals surface area contributed by atoms with Gasteiger partial charge >= 0.3 is 12.4 Å². The predicted molar refractivity (Wildman–Crippen MR) is 80.5 cm³/mol. The quantitative estimate of drug-likeness (QED) is 0.630. The van der Waals surface area contributed by atoms with Gasteiger partial charge in [0.2, 0.25) is 0 Å². The van der Waals surface area contributed by atoms with Gasteiger partial charge < -0.3 is 5.32 Å². The first-order valence-corrected chi connectivity index (χ1v) is 7.98. The lowest BCUT2D eigenvalue weighted by Gasteiger charge is -2.14. The number of unbranched alkanes of at least 4 members (excludes halogenated alkanes) is 1. The van der Waals surface area contributed by atoms with E-state index in [9.17, 15) is 26.3 Å². The maximum Gasteiger partial charge on any atom is 0.416 e. The van der Waals surface area contributed by atoms with Crippen molar-refractivity contribution in [1.82, 2.24) is 4.98 Å². The van der Waals surface area contributed by atoms with Crippen LogP contribution >= 0.6 is 11.3 Å². The molecule has 0 aliphatic heterocycles. The van der Waals surface area contributed by atoms with E-state index in [-0.39, 0.29) is 16.9 Å². The third-order valence-corrected chi connectivity index (χ3v) is 3.98. The molecule has 24 heavy (non-hydrogen) atoms. The number of rotatable bonds is 5. The Morgan fingerprint density at radius 2 is 1.58 bits per heavy atom. The molecule has 0 fully saturated rings. The van der Waals surface area contributed by atoms with Gasteiger partial charge in [0, 0.05) is 11.1 Å². The van der Waals surface area contributed by atoms with Crippen LogP contribution in [-0.2, 0) is 18.8 Å². The maximum absolute atomic E-state index is 12.8. The summed E-state index contributed by atoms with van der Waals surface area (Å²) in [5.74, 6) is 0. The fourth-order valence-corrected chi connectivity index (χ4v) is 2.75. The first-order chi connectivity index (χ1) is 11.1. The zero-order chi connectivity index (χ0) is 18.0. The highest BCUT2D eigenvalue weighted by molar-refractivity contribution is 7.13. The van der Waals surface area contributed by atoms with Crippen molar-refractivity contribution in [2.24, 2.45) is 0 Å². The number of hydrogen-bond acceptors (Lipinski definition) is 3. The molecule has 2 aromatic rings. The molecule has 0 atom stereocenters. The monoisotopic (exact) mass is 368 g/mol. The lowest BCUT2D eigenvalue weighted by Crippen LogP contribution is -2.11. The van der Waals surface area contributed by atoms with Gasteiger partial charge in [0.1, 0.15) is 0 Å². The van der Waals surface area contributed by atoms with Crippen LogP contribution in [0.3, 0.4) is 0 Å². The molecule has 1 aromatic carbocycles. The summed E-state index contributed by atoms with van der Waals surface area (Å²) in [4.78, 5) is 4.17. The Bertz CT molecular complexity index is 658. The minimum Gasteiger partial charge on any atom is -0.332 e. The summed E-state index contributed by atoms with van der Waals surface area (Å²) in [5.41, 5.74) is -2.26. The summed E-state index contributed by atoms with van der Waals surface area (Å²) in [7, 11) is 0. The summed E-state index contributed by atoms with van der Waals surface area (Å²) in [6, 6.07) is 1.38. The normalized spacial score (nSPS) is 12.5. The molecule has 2 rings (SSSR count). The van der Waals surface area contributed by atoms with Gasteiger partial charge in [0.25, 0.3) is 0 Å². The SMILES string of the molecule is CCCCc1csc(Nc2cc(C(F)(F)F)cc(C(F)(F)F)c2)n1. The van der Waals surface area contributed by atoms with E-state index in [1.165, 1.54) is 0 Å². The molecule has 0 spiro atoms. The number of benzene rings is 1. The molecule has 0 unspecified atom stereocenters. The Hall–Kier alpha value is -1.77. The Balaban J connectivity index is 2.30. The molecule has 0 aliphatic rings. The van der Waals surface area contributed by atoms with Gasteiger partial charge in [0.15, 0.2) is 5.13 Å². The molecule has 0 bridgehead atoms. The average molecular weight is 368 g/mol. The molecule has 0 saturated heterocycles. The number of hydrogen-bond donors (Lipinski definition) is 1. The molecule has 0 radical (unpaired) electrons. The lowest BCUT2D eigenvalue weighted by molar-refractivity contribution is -0.143. The molecule has 0 saturated carbocycles. The number of aromatic nitrogens is 1. The Morgan fingerprint density at radius 3 is 2.08 bits per heavy atom. The molecular formula is C15H14F6N2S. The summed E-state index contributed by atoms with van der Waals surface area (Å²) < 4.78 is 76.9. The van der Waals surface area contributed by atoms with Crippen molar-refractivity contribution >= 4 is 22.2 Å². The summed E-state index contributed by atoms with van der Waals surface area (Å²) >= 11 is 1.14. The van der Waals surface area contributed by atoms with Crippen LogP contribution in [0.5, 0.6) is 0 Å². The van der Waals surface area contributed by atoms with Crippen molar-refractivity contribution in [3.8, 4) is 0 Å². The van der Waals surface area contributed by atoms with Gasteiger partial charge in [-0.15, -0.1) is 11.3 Å². The van der Waals surface area contributed by atoms with Crippen LogP contribution in [0.1, 0.15) is 36.6 Å². The van der Waals surface area contributed by atoms with Crippen molar-refractivity contribution in [3.63, 3.8) is 0 Å². The number of nitrogens with zero attached hydrogens (tertiary/aromatic N) is 1. The summed E-state index contributed by atoms with van der Waals surface area (Å²) in [6.07, 6.45) is -7.15. The first kappa shape index (κ1) is 18.6. The topological polar surface area (TPSA) is 24.9 Å². The van der Waals surface area contributed by atoms with Gasteiger partial charge in [-0.1, -0.05) is 13.3 Å². The van der Waals surface area contributed by atoms with Gasteiger partial charge in [0.05, 0.1) is 16.8 Å². The van der Waals surface area contributed by atoms with E-state index < -0.39 is 23.5 Å². The van der Waals surface area contributed by atoms with E-state index in [4.69, 9.17) is 0 Å². The van der Waals surface area contributed by atoms with Crippen molar-refractivity contribution in [2.75, 3.05) is 5.32 Å². The van der Waals surface area contributed by atoms with Gasteiger partial charge in [-0.2, -0.15) is 26.3 Å². The fraction of sp³-hybridized carbons (Fsp3) is 0.400. The second-order valence-electron chi connectivity index (χ2n) is 5.17. The highest BCUT2D eigenvalue weighted by atomic mass is 32.1. The smallest absolute Gasteiger partial charge is 0.332 e. The van der Waals surface area contributed by atoms with Crippen molar-refractivity contribution in [2.45, 2.75) is 38.5 Å². The second-order valence-corrected chi connectivity index (χ2v) is 6.03. The van der Waals surface area contributed by atoms with Crippen LogP contribution < -0.4 is 5.32 Å². The number of halogens is 6. The summed E-state index contributed by atoms with van der Waals surface area (Å²) in [5, 5.41) is 4.52. The Morgan fingerprint density at radius 1 is 1.00 bits per heavy atom. The van der Waals surface area contributed by atoms with E-state index in [1.807, 2.05) is 6.92 Å². The first-order valence-electron chi connectivity index (χ1n) is 7.10. The molecule has 132 valence electrons. The number of nitrogens with one attached hydrogen (secondary N) is 1. The third-order valence-electron chi connectivity index (χ3n) is 3.18. The standard InChI is InChI=1S/C15H14F6N2S/c1-2-3-4-11-8-24-13(22-11)23-12-6-9(14(16,17)18)5-10(7-12)15(19,20)21/h5-8H,2-4H2,1H3,(H,22,23). The van der Waals surface area contributed by atoms with Crippen molar-refractivity contribution in [1.29, 1.82) is 0 Å². The third kappa shape index (κ3) is 4.86. The predicted octanol–water partition coefficient (Wildman–Crippen LogP) is 6.27. The van der Waals surface area contributed by atoms with E-state index in [0.717, 1.165) is 29.9 Å². The number of alkyl halides is 6. The fourth-order valence-electron chi connectivity index (χ4n) is 1.99. The van der Waals surface area contributed by atoms with Crippen LogP contribution in [0.25, 0.3) is 0 Å². The molecule has 9 heteroatoms. The minimum absolute atomic E-state index is 0.0969. The van der Waals surface area contributed by atoms with Crippen LogP contribution in [0.2, 0.25) is 0 Å². The largest absolute Gasteiger partial charge is 0.416 e.